The molecule has 1 aliphatic rings. The highest BCUT2D eigenvalue weighted by Crippen LogP contribution is 2.42. The minimum absolute atomic E-state index is 0.0488. The molecular weight excluding hydrogens is 777 g/mol. The highest BCUT2D eigenvalue weighted by molar-refractivity contribution is 7.59. The maximum atomic E-state index is 14.7. The molecule has 0 aliphatic carbocycles. The predicted octanol–water partition coefficient (Wildman–Crippen LogP) is 6.21. The first kappa shape index (κ1) is 47.8. The minimum Gasteiger partial charge on any atom is -0.464 e. The molecular formula is C38H60N7O12P. The number of hydrogen-bond acceptors (Lipinski definition) is 15. The zero-order valence-electron chi connectivity index (χ0n) is 35.0. The highest BCUT2D eigenvalue weighted by atomic mass is 31.2. The summed E-state index contributed by atoms with van der Waals surface area (Å²) in [6.45, 7) is 17.2. The number of rotatable bonds is 26. The summed E-state index contributed by atoms with van der Waals surface area (Å²) in [6.07, 6.45) is 8.20. The lowest BCUT2D eigenvalue weighted by atomic mass is 10.1. The molecule has 1 aliphatic heterocycles. The molecule has 2 aromatic rings. The van der Waals surface area contributed by atoms with Crippen LogP contribution in [0.15, 0.2) is 36.7 Å². The average Bonchev–Trinajstić information content (AvgIpc) is 3.73. The van der Waals surface area contributed by atoms with Crippen molar-refractivity contribution in [3.8, 4) is 0 Å². The van der Waals surface area contributed by atoms with Crippen LogP contribution in [0.4, 0.5) is 10.6 Å². The van der Waals surface area contributed by atoms with Crippen LogP contribution in [-0.2, 0) is 58.7 Å². The molecule has 1 atom stereocenters. The summed E-state index contributed by atoms with van der Waals surface area (Å²) in [7, 11) is -3.89. The van der Waals surface area contributed by atoms with Gasteiger partial charge in [0.15, 0.2) is 22.7 Å². The van der Waals surface area contributed by atoms with Gasteiger partial charge in [-0.05, 0) is 61.0 Å². The molecule has 0 saturated carbocycles. The Morgan fingerprint density at radius 2 is 1.41 bits per heavy atom. The van der Waals surface area contributed by atoms with E-state index in [4.69, 9.17) is 33.2 Å². The number of amides is 1. The maximum absolute atomic E-state index is 14.7. The van der Waals surface area contributed by atoms with E-state index >= 15 is 0 Å². The van der Waals surface area contributed by atoms with Crippen molar-refractivity contribution in [2.45, 2.75) is 130 Å². The monoisotopic (exact) mass is 837 g/mol. The Bertz CT molecular complexity index is 1770. The summed E-state index contributed by atoms with van der Waals surface area (Å²) in [6, 6.07) is 0. The number of carbonyl (C=O) groups excluding carboxylic acids is 4. The Kier molecular flexibility index (Phi) is 18.6. The smallest absolute Gasteiger partial charge is 0.412 e. The first-order valence-corrected chi connectivity index (χ1v) is 21.5. The number of nitrogens with one attached hydrogen (secondary N) is 3. The fraction of sp³-hybridized carbons (Fsp3) is 0.658. The van der Waals surface area contributed by atoms with Gasteiger partial charge in [0.25, 0.3) is 11.7 Å². The van der Waals surface area contributed by atoms with Gasteiger partial charge in [-0.2, -0.15) is 0 Å². The Hall–Kier alpha value is -4.58. The lowest BCUT2D eigenvalue weighted by Gasteiger charge is -2.35. The molecule has 0 unspecified atom stereocenters. The van der Waals surface area contributed by atoms with E-state index in [1.807, 2.05) is 0 Å². The number of fused-ring (bicyclic) bond motifs is 1. The minimum atomic E-state index is -3.89. The van der Waals surface area contributed by atoms with E-state index in [-0.39, 0.29) is 61.8 Å². The second-order valence-corrected chi connectivity index (χ2v) is 17.0. The highest BCUT2D eigenvalue weighted by Gasteiger charge is 2.43. The fourth-order valence-electron chi connectivity index (χ4n) is 5.58. The zero-order valence-corrected chi connectivity index (χ0v) is 35.9. The first-order valence-electron chi connectivity index (χ1n) is 19.6. The SMILES string of the molecule is C=C1OC(C)=C(C(=O)OCCOC(=O)Nc2ncnc3c2ncn3C[C@@H](C)OCP(=O)(NC(C)(C)C(=O)OCCCCCC)NC(C)(C)C(=O)OCCCCCC)O1. The summed E-state index contributed by atoms with van der Waals surface area (Å²) >= 11 is 0. The molecule has 0 fully saturated rings. The summed E-state index contributed by atoms with van der Waals surface area (Å²) in [5, 5.41) is 8.36. The Labute approximate surface area is 339 Å². The molecule has 0 aromatic carbocycles. The van der Waals surface area contributed by atoms with Gasteiger partial charge in [0.1, 0.15) is 37.0 Å². The van der Waals surface area contributed by atoms with Crippen LogP contribution < -0.4 is 15.5 Å². The summed E-state index contributed by atoms with van der Waals surface area (Å²) in [4.78, 5) is 63.8. The molecule has 3 rings (SSSR count). The van der Waals surface area contributed by atoms with Crippen molar-refractivity contribution in [1.29, 1.82) is 0 Å². The van der Waals surface area contributed by atoms with Gasteiger partial charge < -0.3 is 37.7 Å². The Morgan fingerprint density at radius 3 is 1.97 bits per heavy atom. The normalized spacial score (nSPS) is 13.8. The van der Waals surface area contributed by atoms with E-state index in [2.05, 4.69) is 50.9 Å². The van der Waals surface area contributed by atoms with Crippen molar-refractivity contribution in [2.75, 3.05) is 38.1 Å². The van der Waals surface area contributed by atoms with Crippen LogP contribution in [0.3, 0.4) is 0 Å². The predicted molar refractivity (Wildman–Crippen MR) is 213 cm³/mol. The van der Waals surface area contributed by atoms with Crippen LogP contribution in [0.1, 0.15) is 107 Å². The number of unbranched alkanes of at least 4 members (excludes halogenated alkanes) is 6. The van der Waals surface area contributed by atoms with Crippen molar-refractivity contribution >= 4 is 48.4 Å². The molecule has 0 radical (unpaired) electrons. The van der Waals surface area contributed by atoms with Gasteiger partial charge >= 0.3 is 24.0 Å². The molecule has 0 bridgehead atoms. The van der Waals surface area contributed by atoms with Crippen molar-refractivity contribution in [2.24, 2.45) is 0 Å². The third-order valence-corrected chi connectivity index (χ3v) is 10.9. The summed E-state index contributed by atoms with van der Waals surface area (Å²) in [5.41, 5.74) is -2.24. The molecule has 19 nitrogen and oxygen atoms in total. The zero-order chi connectivity index (χ0) is 42.9. The number of imidazole rings is 1. The van der Waals surface area contributed by atoms with E-state index in [0.717, 1.165) is 38.5 Å². The number of carbonyl (C=O) groups is 4. The molecule has 0 spiro atoms. The topological polar surface area (TPSA) is 230 Å². The average molecular weight is 838 g/mol. The molecule has 324 valence electrons. The van der Waals surface area contributed by atoms with E-state index in [9.17, 15) is 23.7 Å². The number of ether oxygens (including phenoxy) is 7. The number of aromatic nitrogens is 4. The Morgan fingerprint density at radius 1 is 0.828 bits per heavy atom. The van der Waals surface area contributed by atoms with Gasteiger partial charge in [0.2, 0.25) is 7.44 Å². The van der Waals surface area contributed by atoms with Crippen LogP contribution in [0.5, 0.6) is 0 Å². The maximum Gasteiger partial charge on any atom is 0.412 e. The van der Waals surface area contributed by atoms with Gasteiger partial charge in [-0.25, -0.2) is 34.7 Å². The lowest BCUT2D eigenvalue weighted by Crippen LogP contribution is -2.54. The first-order chi connectivity index (χ1) is 27.4. The van der Waals surface area contributed by atoms with Gasteiger partial charge in [-0.1, -0.05) is 52.4 Å². The quantitative estimate of drug-likeness (QED) is 0.0414. The molecule has 58 heavy (non-hydrogen) atoms. The van der Waals surface area contributed by atoms with E-state index in [1.165, 1.54) is 19.6 Å². The summed E-state index contributed by atoms with van der Waals surface area (Å²) in [5.74, 6) is -1.92. The number of allylic oxidation sites excluding steroid dienone is 1. The van der Waals surface area contributed by atoms with Crippen molar-refractivity contribution in [1.82, 2.24) is 29.7 Å². The van der Waals surface area contributed by atoms with E-state index in [1.54, 1.807) is 39.2 Å². The van der Waals surface area contributed by atoms with Crippen LogP contribution in [0.2, 0.25) is 0 Å². The van der Waals surface area contributed by atoms with E-state index < -0.39 is 55.0 Å². The number of hydrogen-bond donors (Lipinski definition) is 3. The standard InChI is InChI=1S/C38H60N7O12P/c1-10-12-14-16-18-52-34(47)37(6,7)43-58(50,44-38(8,9)35(48)53-19-17-15-13-11-2)25-55-26(3)22-45-24-41-29-31(39-23-40-32(29)45)42-36(49)54-21-20-51-33(46)30-27(4)56-28(5)57-30/h23-24,26H,5,10-22,25H2,1-4,6-9H3,(H2,43,44,50)(H,39,40,42,49)/t26-/m1/s1. The molecule has 2 aromatic heterocycles. The number of esters is 3. The second-order valence-electron chi connectivity index (χ2n) is 14.9. The van der Waals surface area contributed by atoms with Crippen molar-refractivity contribution in [3.63, 3.8) is 0 Å². The van der Waals surface area contributed by atoms with Crippen LogP contribution in [-0.4, -0.2) is 93.5 Å². The third kappa shape index (κ3) is 15.0. The number of anilines is 1. The van der Waals surface area contributed by atoms with Crippen LogP contribution in [0, 0.1) is 0 Å². The van der Waals surface area contributed by atoms with Gasteiger partial charge in [-0.15, -0.1) is 0 Å². The summed E-state index contributed by atoms with van der Waals surface area (Å²) < 4.78 is 53.8. The van der Waals surface area contributed by atoms with Gasteiger partial charge in [0.05, 0.1) is 32.2 Å². The molecule has 1 amide bonds. The molecule has 3 N–H and O–H groups in total. The van der Waals surface area contributed by atoms with Gasteiger partial charge in [-0.3, -0.25) is 19.5 Å². The van der Waals surface area contributed by atoms with Crippen molar-refractivity contribution < 1.29 is 56.9 Å². The number of nitrogens with zero attached hydrogens (tertiary/aromatic N) is 4. The van der Waals surface area contributed by atoms with E-state index in [0.29, 0.717) is 18.5 Å². The van der Waals surface area contributed by atoms with Crippen LogP contribution in [0.25, 0.3) is 11.2 Å². The Balaban J connectivity index is 1.64. The largest absolute Gasteiger partial charge is 0.464 e. The third-order valence-electron chi connectivity index (χ3n) is 8.56. The molecule has 20 heteroatoms. The molecule has 3 heterocycles. The van der Waals surface area contributed by atoms with Crippen molar-refractivity contribution in [3.05, 3.63) is 36.7 Å². The fourth-order valence-corrected chi connectivity index (χ4v) is 8.22. The van der Waals surface area contributed by atoms with Crippen LogP contribution >= 0.6 is 7.44 Å². The lowest BCUT2D eigenvalue weighted by molar-refractivity contribution is -0.149. The molecule has 0 saturated heterocycles. The second kappa shape index (κ2) is 22.5. The van der Waals surface area contributed by atoms with Gasteiger partial charge in [0, 0.05) is 0 Å².